The zero-order valence-corrected chi connectivity index (χ0v) is 12.1. The first-order valence-corrected chi connectivity index (χ1v) is 5.51. The van der Waals surface area contributed by atoms with Gasteiger partial charge < -0.3 is 33.7 Å². The van der Waals surface area contributed by atoms with Crippen molar-refractivity contribution in [2.24, 2.45) is 0 Å². The van der Waals surface area contributed by atoms with Crippen molar-refractivity contribution < 1.29 is 33.3 Å². The van der Waals surface area contributed by atoms with Crippen LogP contribution in [0.15, 0.2) is 18.2 Å². The molecule has 0 amide bonds. The second-order valence-electron chi connectivity index (χ2n) is 4.29. The molecule has 3 nitrogen and oxygen atoms in total. The molecular formula is C13H15IN2O. The monoisotopic (exact) mass is 342 g/mol. The van der Waals surface area contributed by atoms with Crippen LogP contribution in [-0.2, 0) is 6.42 Å². The number of halogens is 1. The molecule has 2 aromatic rings. The van der Waals surface area contributed by atoms with Crippen LogP contribution >= 0.6 is 0 Å². The maximum Gasteiger partial charge on any atom is 0.187 e. The molecule has 1 aliphatic heterocycles. The van der Waals surface area contributed by atoms with E-state index in [1.165, 1.54) is 22.2 Å². The lowest BCUT2D eigenvalue weighted by Gasteiger charge is -2.05. The fraction of sp³-hybridized carbons (Fsp3) is 0.308. The highest BCUT2D eigenvalue weighted by atomic mass is 127. The van der Waals surface area contributed by atoms with Crippen molar-refractivity contribution in [1.82, 2.24) is 4.98 Å². The van der Waals surface area contributed by atoms with E-state index < -0.39 is 0 Å². The summed E-state index contributed by atoms with van der Waals surface area (Å²) in [6, 6.07) is 6.19. The quantitative estimate of drug-likeness (QED) is 0.512. The lowest BCUT2D eigenvalue weighted by atomic mass is 10.1. The Morgan fingerprint density at radius 2 is 2.18 bits per heavy atom. The lowest BCUT2D eigenvalue weighted by Crippen LogP contribution is -3.00. The minimum Gasteiger partial charge on any atom is -1.00 e. The SMILES string of the molecule is COc1ccc2[nH]c3c(c2c1)CC[N+](C)=C3.[I-]. The Morgan fingerprint density at radius 1 is 1.35 bits per heavy atom. The third-order valence-corrected chi connectivity index (χ3v) is 3.21. The fourth-order valence-corrected chi connectivity index (χ4v) is 2.33. The zero-order chi connectivity index (χ0) is 11.1. The molecular weight excluding hydrogens is 327 g/mol. The van der Waals surface area contributed by atoms with E-state index in [0.29, 0.717) is 0 Å². The van der Waals surface area contributed by atoms with Crippen LogP contribution in [0, 0.1) is 0 Å². The molecule has 1 aromatic carbocycles. The molecule has 0 aliphatic carbocycles. The third-order valence-electron chi connectivity index (χ3n) is 3.21. The van der Waals surface area contributed by atoms with Gasteiger partial charge in [-0.3, -0.25) is 0 Å². The van der Waals surface area contributed by atoms with Gasteiger partial charge in [-0.2, -0.15) is 0 Å². The predicted molar refractivity (Wildman–Crippen MR) is 64.8 cm³/mol. The van der Waals surface area contributed by atoms with Crippen LogP contribution in [0.1, 0.15) is 11.3 Å². The molecule has 0 atom stereocenters. The molecule has 0 unspecified atom stereocenters. The molecule has 1 aliphatic rings. The highest BCUT2D eigenvalue weighted by Crippen LogP contribution is 2.27. The van der Waals surface area contributed by atoms with E-state index in [9.17, 15) is 0 Å². The third kappa shape index (κ3) is 2.06. The molecule has 90 valence electrons. The minimum absolute atomic E-state index is 0. The number of benzene rings is 1. The largest absolute Gasteiger partial charge is 1.00 e. The van der Waals surface area contributed by atoms with E-state index in [2.05, 4.69) is 35.0 Å². The number of aromatic amines is 1. The van der Waals surface area contributed by atoms with Gasteiger partial charge in [0.1, 0.15) is 25.0 Å². The first-order valence-electron chi connectivity index (χ1n) is 5.51. The van der Waals surface area contributed by atoms with Gasteiger partial charge in [0.25, 0.3) is 0 Å². The lowest BCUT2D eigenvalue weighted by molar-refractivity contribution is -0.493. The molecule has 0 saturated heterocycles. The van der Waals surface area contributed by atoms with Gasteiger partial charge in [-0.25, -0.2) is 4.58 Å². The van der Waals surface area contributed by atoms with Gasteiger partial charge in [-0.05, 0) is 23.8 Å². The van der Waals surface area contributed by atoms with E-state index in [1.807, 2.05) is 6.07 Å². The van der Waals surface area contributed by atoms with E-state index >= 15 is 0 Å². The summed E-state index contributed by atoms with van der Waals surface area (Å²) >= 11 is 0. The predicted octanol–water partition coefficient (Wildman–Crippen LogP) is -1.20. The van der Waals surface area contributed by atoms with Gasteiger partial charge >= 0.3 is 0 Å². The summed E-state index contributed by atoms with van der Waals surface area (Å²) in [7, 11) is 3.81. The number of aromatic nitrogens is 1. The Labute approximate surface area is 118 Å². The number of nitrogens with zero attached hydrogens (tertiary/aromatic N) is 1. The van der Waals surface area contributed by atoms with Crippen molar-refractivity contribution in [3.63, 3.8) is 0 Å². The van der Waals surface area contributed by atoms with Crippen LogP contribution in [-0.4, -0.2) is 36.5 Å². The summed E-state index contributed by atoms with van der Waals surface area (Å²) in [6.07, 6.45) is 3.26. The molecule has 0 bridgehead atoms. The molecule has 2 heterocycles. The van der Waals surface area contributed by atoms with Crippen LogP contribution in [0.5, 0.6) is 5.75 Å². The molecule has 0 spiro atoms. The van der Waals surface area contributed by atoms with Crippen LogP contribution in [0.3, 0.4) is 0 Å². The zero-order valence-electron chi connectivity index (χ0n) is 9.96. The topological polar surface area (TPSA) is 28.0 Å². The number of methoxy groups -OCH3 is 1. The first kappa shape index (κ1) is 12.4. The van der Waals surface area contributed by atoms with E-state index in [4.69, 9.17) is 4.74 Å². The van der Waals surface area contributed by atoms with Crippen LogP contribution in [0.25, 0.3) is 10.9 Å². The minimum atomic E-state index is 0. The van der Waals surface area contributed by atoms with Gasteiger partial charge in [-0.15, -0.1) is 0 Å². The molecule has 4 heteroatoms. The van der Waals surface area contributed by atoms with Crippen molar-refractivity contribution >= 4 is 17.1 Å². The summed E-state index contributed by atoms with van der Waals surface area (Å²) in [5.74, 6) is 0.924. The Balaban J connectivity index is 0.00000108. The highest BCUT2D eigenvalue weighted by Gasteiger charge is 2.18. The average molecular weight is 342 g/mol. The van der Waals surface area contributed by atoms with Crippen LogP contribution in [0.4, 0.5) is 0 Å². The Morgan fingerprint density at radius 3 is 2.94 bits per heavy atom. The number of hydrogen-bond donors (Lipinski definition) is 1. The molecule has 3 rings (SSSR count). The average Bonchev–Trinajstić information content (AvgIpc) is 2.65. The fourth-order valence-electron chi connectivity index (χ4n) is 2.33. The van der Waals surface area contributed by atoms with Crippen LogP contribution < -0.4 is 28.7 Å². The van der Waals surface area contributed by atoms with Gasteiger partial charge in [0, 0.05) is 17.3 Å². The van der Waals surface area contributed by atoms with E-state index in [0.717, 1.165) is 18.7 Å². The smallest absolute Gasteiger partial charge is 0.187 e. The van der Waals surface area contributed by atoms with Gasteiger partial charge in [0.05, 0.1) is 7.11 Å². The summed E-state index contributed by atoms with van der Waals surface area (Å²) in [5.41, 5.74) is 3.83. The number of nitrogens with one attached hydrogen (secondary N) is 1. The molecule has 1 aromatic heterocycles. The summed E-state index contributed by atoms with van der Waals surface area (Å²) in [6.45, 7) is 1.08. The number of rotatable bonds is 1. The summed E-state index contributed by atoms with van der Waals surface area (Å²) in [4.78, 5) is 3.44. The molecule has 0 radical (unpaired) electrons. The molecule has 0 fully saturated rings. The van der Waals surface area contributed by atoms with Crippen molar-refractivity contribution in [2.45, 2.75) is 6.42 Å². The van der Waals surface area contributed by atoms with Crippen LogP contribution in [0.2, 0.25) is 0 Å². The summed E-state index contributed by atoms with van der Waals surface area (Å²) in [5, 5.41) is 1.29. The summed E-state index contributed by atoms with van der Waals surface area (Å²) < 4.78 is 7.49. The molecule has 0 saturated carbocycles. The van der Waals surface area contributed by atoms with Gasteiger partial charge in [-0.1, -0.05) is 0 Å². The number of hydrogen-bond acceptors (Lipinski definition) is 1. The number of ether oxygens (including phenoxy) is 1. The number of H-pyrrole nitrogens is 1. The number of likely N-dealkylation sites (N-methyl/N-ethyl adjacent to an activating group) is 1. The maximum atomic E-state index is 5.27. The van der Waals surface area contributed by atoms with E-state index in [-0.39, 0.29) is 24.0 Å². The Hall–Kier alpha value is -1.04. The molecule has 17 heavy (non-hydrogen) atoms. The Kier molecular flexibility index (Phi) is 3.42. The highest BCUT2D eigenvalue weighted by molar-refractivity contribution is 5.93. The molecule has 1 N–H and O–H groups in total. The first-order chi connectivity index (χ1) is 7.78. The van der Waals surface area contributed by atoms with Crippen molar-refractivity contribution in [1.29, 1.82) is 0 Å². The Bertz CT molecular complexity index is 586. The van der Waals surface area contributed by atoms with Gasteiger partial charge in [0.15, 0.2) is 6.21 Å². The van der Waals surface area contributed by atoms with Crippen molar-refractivity contribution in [2.75, 3.05) is 20.7 Å². The van der Waals surface area contributed by atoms with E-state index in [1.54, 1.807) is 7.11 Å². The standard InChI is InChI=1S/C13H14N2O.HI/c1-15-6-5-10-11-7-9(16-2)3-4-12(11)14-13(10)8-15;/h3-4,7-8H,5-6H2,1-2H3;1H. The second-order valence-corrected chi connectivity index (χ2v) is 4.29. The van der Waals surface area contributed by atoms with Crippen molar-refractivity contribution in [3.8, 4) is 5.75 Å². The van der Waals surface area contributed by atoms with Gasteiger partial charge in [0.2, 0.25) is 0 Å². The maximum absolute atomic E-state index is 5.27. The second kappa shape index (κ2) is 4.68. The number of fused-ring (bicyclic) bond motifs is 3. The normalized spacial score (nSPS) is 13.9. The van der Waals surface area contributed by atoms with Crippen molar-refractivity contribution in [3.05, 3.63) is 29.5 Å².